The molecule has 3 heteroatoms. The summed E-state index contributed by atoms with van der Waals surface area (Å²) < 4.78 is 5.84. The molecule has 1 aliphatic heterocycles. The Morgan fingerprint density at radius 2 is 2.11 bits per heavy atom. The highest BCUT2D eigenvalue weighted by atomic mass is 16.5. The molecule has 0 aromatic heterocycles. The maximum atomic E-state index is 6.07. The lowest BCUT2D eigenvalue weighted by Crippen LogP contribution is -2.52. The fourth-order valence-corrected chi connectivity index (χ4v) is 3.01. The van der Waals surface area contributed by atoms with Crippen LogP contribution in [0, 0.1) is 5.92 Å². The lowest BCUT2D eigenvalue weighted by atomic mass is 9.88. The van der Waals surface area contributed by atoms with Crippen LogP contribution in [0.2, 0.25) is 0 Å². The molecule has 0 radical (unpaired) electrons. The van der Waals surface area contributed by atoms with E-state index >= 15 is 0 Å². The van der Waals surface area contributed by atoms with Gasteiger partial charge in [-0.3, -0.25) is 4.90 Å². The number of hydrogen-bond donors (Lipinski definition) is 1. The van der Waals surface area contributed by atoms with E-state index in [0.717, 1.165) is 31.9 Å². The molecule has 1 aromatic rings. The summed E-state index contributed by atoms with van der Waals surface area (Å²) in [5.41, 5.74) is 7.39. The van der Waals surface area contributed by atoms with Gasteiger partial charge in [0.25, 0.3) is 0 Å². The van der Waals surface area contributed by atoms with Gasteiger partial charge in [0.1, 0.15) is 12.4 Å². The van der Waals surface area contributed by atoms with Crippen molar-refractivity contribution in [3.05, 3.63) is 29.8 Å². The van der Waals surface area contributed by atoms with Crippen LogP contribution in [0.1, 0.15) is 32.8 Å². The number of ether oxygens (including phenoxy) is 1. The number of nitrogens with two attached hydrogens (primary N) is 1. The Morgan fingerprint density at radius 1 is 1.37 bits per heavy atom. The monoisotopic (exact) mass is 262 g/mol. The number of fused-ring (bicyclic) bond motifs is 1. The second-order valence-electron chi connectivity index (χ2n) is 6.18. The molecule has 1 aliphatic rings. The van der Waals surface area contributed by atoms with E-state index in [1.165, 1.54) is 5.56 Å². The first-order valence-electron chi connectivity index (χ1n) is 7.21. The Balaban J connectivity index is 2.21. The van der Waals surface area contributed by atoms with Crippen LogP contribution < -0.4 is 10.5 Å². The molecule has 1 unspecified atom stereocenters. The van der Waals surface area contributed by atoms with Gasteiger partial charge in [-0.25, -0.2) is 0 Å². The SMILES string of the molecule is CC(C)CC(C)(CN)N1CCOc2ccccc2C1. The lowest BCUT2D eigenvalue weighted by molar-refractivity contribution is 0.0746. The number of rotatable bonds is 4. The third-order valence-electron chi connectivity index (χ3n) is 4.00. The van der Waals surface area contributed by atoms with E-state index in [9.17, 15) is 0 Å². The van der Waals surface area contributed by atoms with E-state index < -0.39 is 0 Å². The molecule has 0 aliphatic carbocycles. The Kier molecular flexibility index (Phi) is 4.48. The Hall–Kier alpha value is -1.06. The molecule has 1 heterocycles. The molecule has 2 N–H and O–H groups in total. The molecule has 0 fully saturated rings. The molecule has 19 heavy (non-hydrogen) atoms. The van der Waals surface area contributed by atoms with Crippen LogP contribution >= 0.6 is 0 Å². The minimum absolute atomic E-state index is 0.0506. The highest BCUT2D eigenvalue weighted by molar-refractivity contribution is 5.34. The van der Waals surface area contributed by atoms with Gasteiger partial charge < -0.3 is 10.5 Å². The normalized spacial score (nSPS) is 19.4. The van der Waals surface area contributed by atoms with Gasteiger partial charge in [-0.15, -0.1) is 0 Å². The second-order valence-corrected chi connectivity index (χ2v) is 6.18. The summed E-state index contributed by atoms with van der Waals surface area (Å²) in [6, 6.07) is 8.32. The topological polar surface area (TPSA) is 38.5 Å². The minimum Gasteiger partial charge on any atom is -0.492 e. The van der Waals surface area contributed by atoms with E-state index in [0.29, 0.717) is 12.5 Å². The zero-order valence-electron chi connectivity index (χ0n) is 12.4. The Morgan fingerprint density at radius 3 is 2.79 bits per heavy atom. The predicted molar refractivity (Wildman–Crippen MR) is 79.3 cm³/mol. The van der Waals surface area contributed by atoms with Gasteiger partial charge in [-0.1, -0.05) is 32.0 Å². The van der Waals surface area contributed by atoms with E-state index in [2.05, 4.69) is 43.9 Å². The van der Waals surface area contributed by atoms with Crippen molar-refractivity contribution in [2.24, 2.45) is 11.7 Å². The molecule has 2 rings (SSSR count). The molecule has 106 valence electrons. The van der Waals surface area contributed by atoms with Crippen molar-refractivity contribution in [1.82, 2.24) is 4.90 Å². The van der Waals surface area contributed by atoms with Crippen LogP contribution in [0.5, 0.6) is 5.75 Å². The lowest BCUT2D eigenvalue weighted by Gasteiger charge is -2.41. The van der Waals surface area contributed by atoms with Crippen LogP contribution in [-0.4, -0.2) is 30.1 Å². The fourth-order valence-electron chi connectivity index (χ4n) is 3.01. The van der Waals surface area contributed by atoms with Gasteiger partial charge in [0, 0.05) is 30.7 Å². The maximum Gasteiger partial charge on any atom is 0.123 e. The number of benzene rings is 1. The average molecular weight is 262 g/mol. The zero-order chi connectivity index (χ0) is 13.9. The van der Waals surface area contributed by atoms with Crippen LogP contribution in [0.4, 0.5) is 0 Å². The number of nitrogens with zero attached hydrogens (tertiary/aromatic N) is 1. The quantitative estimate of drug-likeness (QED) is 0.906. The van der Waals surface area contributed by atoms with Crippen LogP contribution in [-0.2, 0) is 6.54 Å². The van der Waals surface area contributed by atoms with E-state index in [-0.39, 0.29) is 5.54 Å². The van der Waals surface area contributed by atoms with Gasteiger partial charge in [0.2, 0.25) is 0 Å². The molecule has 1 atom stereocenters. The van der Waals surface area contributed by atoms with Gasteiger partial charge in [0.15, 0.2) is 0 Å². The van der Waals surface area contributed by atoms with Crippen molar-refractivity contribution in [3.63, 3.8) is 0 Å². The molecule has 0 amide bonds. The molecule has 3 nitrogen and oxygen atoms in total. The third-order valence-corrected chi connectivity index (χ3v) is 4.00. The van der Waals surface area contributed by atoms with Gasteiger partial charge >= 0.3 is 0 Å². The first-order valence-corrected chi connectivity index (χ1v) is 7.21. The summed E-state index contributed by atoms with van der Waals surface area (Å²) >= 11 is 0. The largest absolute Gasteiger partial charge is 0.492 e. The highest BCUT2D eigenvalue weighted by Crippen LogP contribution is 2.29. The summed E-state index contributed by atoms with van der Waals surface area (Å²) in [6.07, 6.45) is 1.12. The van der Waals surface area contributed by atoms with Gasteiger partial charge in [0.05, 0.1) is 0 Å². The van der Waals surface area contributed by atoms with Gasteiger partial charge in [-0.05, 0) is 25.3 Å². The van der Waals surface area contributed by atoms with Crippen molar-refractivity contribution in [1.29, 1.82) is 0 Å². The van der Waals surface area contributed by atoms with Crippen molar-refractivity contribution in [2.75, 3.05) is 19.7 Å². The van der Waals surface area contributed by atoms with Crippen LogP contribution in [0.25, 0.3) is 0 Å². The van der Waals surface area contributed by atoms with Crippen LogP contribution in [0.15, 0.2) is 24.3 Å². The summed E-state index contributed by atoms with van der Waals surface area (Å²) in [4.78, 5) is 2.48. The first kappa shape index (κ1) is 14.4. The molecule has 1 aromatic carbocycles. The van der Waals surface area contributed by atoms with E-state index in [1.807, 2.05) is 6.07 Å². The van der Waals surface area contributed by atoms with E-state index in [4.69, 9.17) is 10.5 Å². The Bertz CT molecular complexity index is 419. The van der Waals surface area contributed by atoms with Crippen molar-refractivity contribution in [2.45, 2.75) is 39.3 Å². The summed E-state index contributed by atoms with van der Waals surface area (Å²) in [5.74, 6) is 1.67. The third kappa shape index (κ3) is 3.28. The average Bonchev–Trinajstić information content (AvgIpc) is 2.60. The smallest absolute Gasteiger partial charge is 0.123 e. The van der Waals surface area contributed by atoms with Gasteiger partial charge in [-0.2, -0.15) is 0 Å². The highest BCUT2D eigenvalue weighted by Gasteiger charge is 2.32. The fraction of sp³-hybridized carbons (Fsp3) is 0.625. The van der Waals surface area contributed by atoms with Crippen molar-refractivity contribution in [3.8, 4) is 5.75 Å². The predicted octanol–water partition coefficient (Wildman–Crippen LogP) is 2.64. The zero-order valence-corrected chi connectivity index (χ0v) is 12.4. The maximum absolute atomic E-state index is 6.07. The Labute approximate surface area is 116 Å². The van der Waals surface area contributed by atoms with E-state index in [1.54, 1.807) is 0 Å². The molecule has 0 spiro atoms. The first-order chi connectivity index (χ1) is 9.05. The summed E-state index contributed by atoms with van der Waals surface area (Å²) in [5, 5.41) is 0. The molecule has 0 bridgehead atoms. The number of hydrogen-bond acceptors (Lipinski definition) is 3. The standard InChI is InChI=1S/C16H26N2O/c1-13(2)10-16(3,12-17)18-8-9-19-15-7-5-4-6-14(15)11-18/h4-7,13H,8-12,17H2,1-3H3. The minimum atomic E-state index is 0.0506. The van der Waals surface area contributed by atoms with Crippen molar-refractivity contribution >= 4 is 0 Å². The number of para-hydroxylation sites is 1. The second kappa shape index (κ2) is 5.93. The molecule has 0 saturated carbocycles. The summed E-state index contributed by atoms with van der Waals surface area (Å²) in [6.45, 7) is 10.1. The molecular weight excluding hydrogens is 236 g/mol. The summed E-state index contributed by atoms with van der Waals surface area (Å²) in [7, 11) is 0. The molecular formula is C16H26N2O. The van der Waals surface area contributed by atoms with Crippen LogP contribution in [0.3, 0.4) is 0 Å². The molecule has 0 saturated heterocycles. The van der Waals surface area contributed by atoms with Crippen molar-refractivity contribution < 1.29 is 4.74 Å².